The minimum Gasteiger partial charge on any atom is -0.465 e. The molecule has 1 heterocycles. The molecule has 1 amide bonds. The maximum absolute atomic E-state index is 12.2. The van der Waals surface area contributed by atoms with Gasteiger partial charge in [-0.05, 0) is 38.1 Å². The molecule has 0 aromatic heterocycles. The van der Waals surface area contributed by atoms with Crippen molar-refractivity contribution in [2.75, 3.05) is 19.0 Å². The molecule has 1 aliphatic heterocycles. The summed E-state index contributed by atoms with van der Waals surface area (Å²) in [6.45, 7) is 2.80. The zero-order chi connectivity index (χ0) is 14.7. The van der Waals surface area contributed by atoms with Gasteiger partial charge in [-0.2, -0.15) is 0 Å². The van der Waals surface area contributed by atoms with Crippen LogP contribution in [-0.4, -0.2) is 31.6 Å². The van der Waals surface area contributed by atoms with Gasteiger partial charge in [0.05, 0.1) is 24.3 Å². The topological polar surface area (TPSA) is 67.4 Å². The Bertz CT molecular complexity index is 533. The van der Waals surface area contributed by atoms with E-state index in [0.717, 1.165) is 13.0 Å². The van der Waals surface area contributed by atoms with Crippen LogP contribution >= 0.6 is 11.6 Å². The first-order chi connectivity index (χ1) is 9.52. The van der Waals surface area contributed by atoms with Crippen molar-refractivity contribution >= 4 is 29.2 Å². The van der Waals surface area contributed by atoms with Crippen molar-refractivity contribution in [3.05, 3.63) is 28.8 Å². The number of hydrogen-bond acceptors (Lipinski definition) is 4. The van der Waals surface area contributed by atoms with Gasteiger partial charge in [-0.15, -0.1) is 0 Å². The summed E-state index contributed by atoms with van der Waals surface area (Å²) in [6, 6.07) is 4.85. The molecule has 0 bridgehead atoms. The van der Waals surface area contributed by atoms with E-state index in [1.807, 2.05) is 6.92 Å². The maximum Gasteiger partial charge on any atom is 0.340 e. The highest BCUT2D eigenvalue weighted by Crippen LogP contribution is 2.24. The van der Waals surface area contributed by atoms with E-state index in [1.165, 1.54) is 13.2 Å². The number of benzene rings is 1. The number of anilines is 1. The van der Waals surface area contributed by atoms with Crippen LogP contribution in [0.25, 0.3) is 0 Å². The molecule has 2 rings (SSSR count). The Labute approximate surface area is 122 Å². The number of esters is 1. The van der Waals surface area contributed by atoms with Gasteiger partial charge in [-0.25, -0.2) is 4.79 Å². The zero-order valence-corrected chi connectivity index (χ0v) is 12.2. The molecule has 1 aromatic carbocycles. The third-order valence-electron chi connectivity index (χ3n) is 3.51. The second-order valence-electron chi connectivity index (χ2n) is 4.81. The molecule has 6 heteroatoms. The number of ether oxygens (including phenoxy) is 1. The van der Waals surface area contributed by atoms with Crippen molar-refractivity contribution < 1.29 is 14.3 Å². The van der Waals surface area contributed by atoms with Gasteiger partial charge in [0.25, 0.3) is 0 Å². The lowest BCUT2D eigenvalue weighted by Gasteiger charge is -2.16. The van der Waals surface area contributed by atoms with Crippen LogP contribution < -0.4 is 10.6 Å². The van der Waals surface area contributed by atoms with Crippen LogP contribution in [0.4, 0.5) is 5.69 Å². The molecule has 1 aliphatic rings. The summed E-state index contributed by atoms with van der Waals surface area (Å²) in [5.74, 6) is -0.730. The molecule has 0 radical (unpaired) electrons. The lowest BCUT2D eigenvalue weighted by Crippen LogP contribution is -2.32. The number of rotatable bonds is 3. The number of amides is 1. The number of methoxy groups -OCH3 is 1. The fourth-order valence-corrected chi connectivity index (χ4v) is 2.52. The Balaban J connectivity index is 2.20. The fraction of sp³-hybridized carbons (Fsp3) is 0.429. The van der Waals surface area contributed by atoms with Crippen molar-refractivity contribution in [3.63, 3.8) is 0 Å². The summed E-state index contributed by atoms with van der Waals surface area (Å²) >= 11 is 5.87. The quantitative estimate of drug-likeness (QED) is 0.838. The third kappa shape index (κ3) is 3.11. The van der Waals surface area contributed by atoms with Crippen molar-refractivity contribution in [3.8, 4) is 0 Å². The molecular weight excluding hydrogens is 280 g/mol. The van der Waals surface area contributed by atoms with E-state index < -0.39 is 5.97 Å². The largest absolute Gasteiger partial charge is 0.465 e. The molecule has 1 fully saturated rings. The average molecular weight is 297 g/mol. The summed E-state index contributed by atoms with van der Waals surface area (Å²) in [6.07, 6.45) is 0.786. The van der Waals surface area contributed by atoms with E-state index >= 15 is 0 Å². The van der Waals surface area contributed by atoms with Crippen molar-refractivity contribution in [1.82, 2.24) is 5.32 Å². The Kier molecular flexibility index (Phi) is 4.62. The van der Waals surface area contributed by atoms with Crippen molar-refractivity contribution in [2.24, 2.45) is 5.92 Å². The summed E-state index contributed by atoms with van der Waals surface area (Å²) in [5.41, 5.74) is 0.678. The van der Waals surface area contributed by atoms with E-state index in [-0.39, 0.29) is 23.4 Å². The minimum absolute atomic E-state index is 0.101. The molecule has 2 atom stereocenters. The summed E-state index contributed by atoms with van der Waals surface area (Å²) in [7, 11) is 1.29. The second-order valence-corrected chi connectivity index (χ2v) is 5.25. The van der Waals surface area contributed by atoms with Gasteiger partial charge < -0.3 is 15.4 Å². The van der Waals surface area contributed by atoms with E-state index in [0.29, 0.717) is 10.7 Å². The zero-order valence-electron chi connectivity index (χ0n) is 11.4. The van der Waals surface area contributed by atoms with Crippen LogP contribution in [0.3, 0.4) is 0 Å². The molecule has 1 aromatic rings. The van der Waals surface area contributed by atoms with E-state index in [4.69, 9.17) is 16.3 Å². The first-order valence-electron chi connectivity index (χ1n) is 6.45. The molecule has 20 heavy (non-hydrogen) atoms. The second kappa shape index (κ2) is 6.24. The van der Waals surface area contributed by atoms with Crippen LogP contribution in [-0.2, 0) is 9.53 Å². The molecular formula is C14H17ClN2O3. The maximum atomic E-state index is 12.2. The van der Waals surface area contributed by atoms with Gasteiger partial charge in [0.2, 0.25) is 5.91 Å². The van der Waals surface area contributed by atoms with Crippen LogP contribution in [0, 0.1) is 5.92 Å². The predicted molar refractivity (Wildman–Crippen MR) is 77.0 cm³/mol. The monoisotopic (exact) mass is 296 g/mol. The van der Waals surface area contributed by atoms with Gasteiger partial charge in [-0.1, -0.05) is 11.6 Å². The third-order valence-corrected chi connectivity index (χ3v) is 3.74. The summed E-state index contributed by atoms with van der Waals surface area (Å²) in [4.78, 5) is 23.9. The van der Waals surface area contributed by atoms with Crippen LogP contribution in [0.15, 0.2) is 18.2 Å². The smallest absolute Gasteiger partial charge is 0.340 e. The number of carbonyl (C=O) groups excluding carboxylic acids is 2. The van der Waals surface area contributed by atoms with E-state index in [1.54, 1.807) is 12.1 Å². The van der Waals surface area contributed by atoms with Gasteiger partial charge in [0, 0.05) is 11.1 Å². The molecule has 5 nitrogen and oxygen atoms in total. The SMILES string of the molecule is COC(=O)c1cc(Cl)ccc1NC(=O)C1CCNC1C. The summed E-state index contributed by atoms with van der Waals surface area (Å²) in [5, 5.41) is 6.42. The molecule has 1 saturated heterocycles. The standard InChI is InChI=1S/C14H17ClN2O3/c1-8-10(5-6-16-8)13(18)17-12-4-3-9(15)7-11(12)14(19)20-2/h3-4,7-8,10,16H,5-6H2,1-2H3,(H,17,18). The Hall–Kier alpha value is -1.59. The predicted octanol–water partition coefficient (Wildman–Crippen LogP) is 2.06. The van der Waals surface area contributed by atoms with Crippen LogP contribution in [0.5, 0.6) is 0 Å². The number of hydrogen-bond donors (Lipinski definition) is 2. The van der Waals surface area contributed by atoms with Crippen molar-refractivity contribution in [1.29, 1.82) is 0 Å². The van der Waals surface area contributed by atoms with Gasteiger partial charge >= 0.3 is 5.97 Å². The lowest BCUT2D eigenvalue weighted by atomic mass is 10.0. The minimum atomic E-state index is -0.527. The lowest BCUT2D eigenvalue weighted by molar-refractivity contribution is -0.120. The van der Waals surface area contributed by atoms with Crippen molar-refractivity contribution in [2.45, 2.75) is 19.4 Å². The number of carbonyl (C=O) groups is 2. The molecule has 108 valence electrons. The number of nitrogens with one attached hydrogen (secondary N) is 2. The number of halogens is 1. The molecule has 0 aliphatic carbocycles. The Morgan fingerprint density at radius 3 is 2.80 bits per heavy atom. The Morgan fingerprint density at radius 1 is 1.45 bits per heavy atom. The molecule has 2 N–H and O–H groups in total. The van der Waals surface area contributed by atoms with Gasteiger partial charge in [-0.3, -0.25) is 4.79 Å². The highest BCUT2D eigenvalue weighted by Gasteiger charge is 2.30. The molecule has 0 spiro atoms. The first kappa shape index (κ1) is 14.8. The van der Waals surface area contributed by atoms with E-state index in [2.05, 4.69) is 10.6 Å². The highest BCUT2D eigenvalue weighted by atomic mass is 35.5. The summed E-state index contributed by atoms with van der Waals surface area (Å²) < 4.78 is 4.70. The average Bonchev–Trinajstić information content (AvgIpc) is 2.86. The van der Waals surface area contributed by atoms with E-state index in [9.17, 15) is 9.59 Å². The molecule has 2 unspecified atom stereocenters. The normalized spacial score (nSPS) is 21.6. The molecule has 0 saturated carbocycles. The highest BCUT2D eigenvalue weighted by molar-refractivity contribution is 6.31. The van der Waals surface area contributed by atoms with Gasteiger partial charge in [0.15, 0.2) is 0 Å². The fourth-order valence-electron chi connectivity index (χ4n) is 2.35. The van der Waals surface area contributed by atoms with Crippen LogP contribution in [0.2, 0.25) is 5.02 Å². The van der Waals surface area contributed by atoms with Gasteiger partial charge in [0.1, 0.15) is 0 Å². The first-order valence-corrected chi connectivity index (χ1v) is 6.83. The van der Waals surface area contributed by atoms with Crippen LogP contribution in [0.1, 0.15) is 23.7 Å². The Morgan fingerprint density at radius 2 is 2.20 bits per heavy atom.